The summed E-state index contributed by atoms with van der Waals surface area (Å²) in [5, 5.41) is 10.3. The van der Waals surface area contributed by atoms with E-state index in [0.29, 0.717) is 11.3 Å². The van der Waals surface area contributed by atoms with Gasteiger partial charge in [-0.3, -0.25) is 4.57 Å². The van der Waals surface area contributed by atoms with Gasteiger partial charge in [0.1, 0.15) is 6.20 Å². The van der Waals surface area contributed by atoms with Crippen LogP contribution in [0, 0.1) is 10.1 Å². The van der Waals surface area contributed by atoms with Gasteiger partial charge >= 0.3 is 5.82 Å². The van der Waals surface area contributed by atoms with Gasteiger partial charge in [0.25, 0.3) is 4.73 Å². The molecule has 0 saturated heterocycles. The summed E-state index contributed by atoms with van der Waals surface area (Å²) in [5.41, 5.74) is 0.910. The van der Waals surface area contributed by atoms with Gasteiger partial charge in [-0.2, -0.15) is 0 Å². The highest BCUT2D eigenvalue weighted by atomic mass is 79.9. The average Bonchev–Trinajstić information content (AvgIpc) is 2.31. The Morgan fingerprint density at radius 2 is 2.54 bits per heavy atom. The maximum Gasteiger partial charge on any atom is 0.382 e. The van der Waals surface area contributed by atoms with Crippen LogP contribution in [0.25, 0.3) is 0 Å². The highest BCUT2D eigenvalue weighted by Gasteiger charge is 2.15. The van der Waals surface area contributed by atoms with Crippen LogP contribution in [-0.2, 0) is 6.54 Å². The van der Waals surface area contributed by atoms with Crippen molar-refractivity contribution in [1.82, 2.24) is 9.55 Å². The first-order valence-electron chi connectivity index (χ1n) is 3.52. The molecule has 1 heterocycles. The molecule has 1 aromatic heterocycles. The lowest BCUT2D eigenvalue weighted by Crippen LogP contribution is -1.96. The molecule has 0 aromatic carbocycles. The van der Waals surface area contributed by atoms with E-state index in [1.54, 1.807) is 4.57 Å². The molecule has 0 amide bonds. The number of imidazole rings is 1. The molecule has 6 heteroatoms. The van der Waals surface area contributed by atoms with Gasteiger partial charge in [0.15, 0.2) is 0 Å². The lowest BCUT2D eigenvalue weighted by atomic mass is 10.3. The van der Waals surface area contributed by atoms with Gasteiger partial charge in [-0.15, -0.1) is 0 Å². The number of nitro groups is 1. The monoisotopic (exact) mass is 245 g/mol. The molecular weight excluding hydrogens is 238 g/mol. The van der Waals surface area contributed by atoms with Gasteiger partial charge < -0.3 is 10.1 Å². The van der Waals surface area contributed by atoms with Crippen LogP contribution in [0.1, 0.15) is 6.92 Å². The van der Waals surface area contributed by atoms with Crippen LogP contribution in [0.2, 0.25) is 0 Å². The Hall–Kier alpha value is -1.17. The minimum absolute atomic E-state index is 0.159. The molecule has 0 saturated carbocycles. The summed E-state index contributed by atoms with van der Waals surface area (Å²) in [6.07, 6.45) is 1.37. The van der Waals surface area contributed by atoms with Crippen LogP contribution in [0.4, 0.5) is 5.82 Å². The van der Waals surface area contributed by atoms with Gasteiger partial charge in [-0.05, 0) is 16.8 Å². The van der Waals surface area contributed by atoms with Crippen LogP contribution < -0.4 is 0 Å². The first-order valence-corrected chi connectivity index (χ1v) is 4.31. The van der Waals surface area contributed by atoms with E-state index in [1.165, 1.54) is 6.20 Å². The summed E-state index contributed by atoms with van der Waals surface area (Å²) in [7, 11) is 0. The Kier molecular flexibility index (Phi) is 2.82. The minimum atomic E-state index is -0.528. The van der Waals surface area contributed by atoms with E-state index in [9.17, 15) is 10.1 Å². The molecule has 0 aliphatic carbocycles. The smallest absolute Gasteiger partial charge is 0.358 e. The fourth-order valence-electron chi connectivity index (χ4n) is 0.870. The van der Waals surface area contributed by atoms with Crippen LogP contribution in [-0.4, -0.2) is 14.5 Å². The molecule has 1 aromatic rings. The third-order valence-corrected chi connectivity index (χ3v) is 1.98. The van der Waals surface area contributed by atoms with E-state index < -0.39 is 4.92 Å². The SMILES string of the molecule is C=C(C)Cn1cc([N+](=O)[O-])nc1Br. The second kappa shape index (κ2) is 3.69. The molecule has 5 nitrogen and oxygen atoms in total. The molecular formula is C7H8BrN3O2. The van der Waals surface area contributed by atoms with Crippen molar-refractivity contribution in [3.63, 3.8) is 0 Å². The molecule has 0 unspecified atom stereocenters. The van der Waals surface area contributed by atoms with Crippen molar-refractivity contribution in [2.24, 2.45) is 0 Å². The topological polar surface area (TPSA) is 61.0 Å². The average molecular weight is 246 g/mol. The van der Waals surface area contributed by atoms with Crippen LogP contribution >= 0.6 is 15.9 Å². The fraction of sp³-hybridized carbons (Fsp3) is 0.286. The van der Waals surface area contributed by atoms with E-state index in [0.717, 1.165) is 5.57 Å². The van der Waals surface area contributed by atoms with E-state index >= 15 is 0 Å². The molecule has 0 N–H and O–H groups in total. The molecule has 0 bridgehead atoms. The van der Waals surface area contributed by atoms with E-state index in [1.807, 2.05) is 6.92 Å². The molecule has 70 valence electrons. The second-order valence-corrected chi connectivity index (χ2v) is 3.42. The summed E-state index contributed by atoms with van der Waals surface area (Å²) < 4.78 is 2.07. The second-order valence-electron chi connectivity index (χ2n) is 2.71. The predicted octanol–water partition coefficient (Wildman–Crippen LogP) is 2.13. The number of hydrogen-bond donors (Lipinski definition) is 0. The quantitative estimate of drug-likeness (QED) is 0.466. The summed E-state index contributed by atoms with van der Waals surface area (Å²) >= 11 is 3.12. The van der Waals surface area contributed by atoms with E-state index in [4.69, 9.17) is 0 Å². The number of hydrogen-bond acceptors (Lipinski definition) is 3. The van der Waals surface area contributed by atoms with Crippen molar-refractivity contribution in [3.8, 4) is 0 Å². The first-order chi connectivity index (χ1) is 6.00. The van der Waals surface area contributed by atoms with Gasteiger partial charge in [-0.1, -0.05) is 12.2 Å². The molecule has 0 aliphatic heterocycles. The Bertz CT molecular complexity index is 359. The zero-order chi connectivity index (χ0) is 10.0. The number of allylic oxidation sites excluding steroid dienone is 1. The third kappa shape index (κ3) is 2.38. The minimum Gasteiger partial charge on any atom is -0.358 e. The molecule has 0 spiro atoms. The summed E-state index contributed by atoms with van der Waals surface area (Å²) in [6.45, 7) is 6.08. The Morgan fingerprint density at radius 3 is 2.92 bits per heavy atom. The van der Waals surface area contributed by atoms with Gasteiger partial charge in [0, 0.05) is 22.5 Å². The zero-order valence-electron chi connectivity index (χ0n) is 7.03. The van der Waals surface area contributed by atoms with Crippen molar-refractivity contribution in [1.29, 1.82) is 0 Å². The van der Waals surface area contributed by atoms with Gasteiger partial charge in [0.05, 0.1) is 0 Å². The van der Waals surface area contributed by atoms with Crippen molar-refractivity contribution < 1.29 is 4.92 Å². The highest BCUT2D eigenvalue weighted by molar-refractivity contribution is 9.10. The highest BCUT2D eigenvalue weighted by Crippen LogP contribution is 2.16. The van der Waals surface area contributed by atoms with E-state index in [2.05, 4.69) is 27.5 Å². The van der Waals surface area contributed by atoms with Crippen LogP contribution in [0.3, 0.4) is 0 Å². The number of rotatable bonds is 3. The van der Waals surface area contributed by atoms with Crippen molar-refractivity contribution in [2.45, 2.75) is 13.5 Å². The maximum absolute atomic E-state index is 10.3. The Labute approximate surface area is 83.4 Å². The lowest BCUT2D eigenvalue weighted by Gasteiger charge is -1.98. The van der Waals surface area contributed by atoms with Crippen molar-refractivity contribution in [3.05, 3.63) is 33.2 Å². The summed E-state index contributed by atoms with van der Waals surface area (Å²) in [6, 6.07) is 0. The molecule has 13 heavy (non-hydrogen) atoms. The predicted molar refractivity (Wildman–Crippen MR) is 51.4 cm³/mol. The van der Waals surface area contributed by atoms with Crippen molar-refractivity contribution >= 4 is 21.7 Å². The molecule has 0 radical (unpaired) electrons. The number of nitrogens with zero attached hydrogens (tertiary/aromatic N) is 3. The summed E-state index contributed by atoms with van der Waals surface area (Å²) in [5.74, 6) is -0.159. The van der Waals surface area contributed by atoms with E-state index in [-0.39, 0.29) is 5.82 Å². The van der Waals surface area contributed by atoms with Crippen molar-refractivity contribution in [2.75, 3.05) is 0 Å². The lowest BCUT2D eigenvalue weighted by molar-refractivity contribution is -0.389. The fourth-order valence-corrected chi connectivity index (χ4v) is 1.28. The summed E-state index contributed by atoms with van der Waals surface area (Å²) in [4.78, 5) is 13.5. The maximum atomic E-state index is 10.3. The molecule has 1 rings (SSSR count). The Balaban J connectivity index is 2.96. The zero-order valence-corrected chi connectivity index (χ0v) is 8.61. The molecule has 0 fully saturated rings. The number of aromatic nitrogens is 2. The van der Waals surface area contributed by atoms with Gasteiger partial charge in [-0.25, -0.2) is 0 Å². The normalized spacial score (nSPS) is 10.0. The standard InChI is InChI=1S/C7H8BrN3O2/c1-5(2)3-10-4-6(11(12)13)9-7(10)8/h4H,1,3H2,2H3. The third-order valence-electron chi connectivity index (χ3n) is 1.34. The Morgan fingerprint density at radius 1 is 1.92 bits per heavy atom. The molecule has 0 atom stereocenters. The van der Waals surface area contributed by atoms with Crippen LogP contribution in [0.5, 0.6) is 0 Å². The van der Waals surface area contributed by atoms with Crippen LogP contribution in [0.15, 0.2) is 23.1 Å². The largest absolute Gasteiger partial charge is 0.382 e. The molecule has 0 aliphatic rings. The first kappa shape index (κ1) is 9.91. The van der Waals surface area contributed by atoms with Gasteiger partial charge in [0.2, 0.25) is 0 Å². The number of halogens is 1.